The molecule has 2 rings (SSSR count). The molecule has 18 heavy (non-hydrogen) atoms. The lowest BCUT2D eigenvalue weighted by molar-refractivity contribution is -0.0712. The van der Waals surface area contributed by atoms with Crippen molar-refractivity contribution in [2.45, 2.75) is 25.4 Å². The van der Waals surface area contributed by atoms with E-state index >= 15 is 0 Å². The largest absolute Gasteiger partial charge is 0.378 e. The molecule has 1 aliphatic rings. The Morgan fingerprint density at radius 1 is 1.50 bits per heavy atom. The predicted molar refractivity (Wildman–Crippen MR) is 74.9 cm³/mol. The molecule has 0 amide bonds. The van der Waals surface area contributed by atoms with Crippen molar-refractivity contribution in [3.05, 3.63) is 34.9 Å². The van der Waals surface area contributed by atoms with Gasteiger partial charge >= 0.3 is 0 Å². The number of hydrogen-bond donors (Lipinski definition) is 1. The lowest BCUT2D eigenvalue weighted by atomic mass is 9.96. The monoisotopic (exact) mass is 268 g/mol. The molecule has 1 aromatic rings. The summed E-state index contributed by atoms with van der Waals surface area (Å²) in [5.74, 6) is 0. The number of nitrogens with zero attached hydrogens (tertiary/aromatic N) is 1. The van der Waals surface area contributed by atoms with Gasteiger partial charge in [-0.25, -0.2) is 0 Å². The van der Waals surface area contributed by atoms with E-state index in [-0.39, 0.29) is 11.6 Å². The fourth-order valence-corrected chi connectivity index (χ4v) is 2.80. The third kappa shape index (κ3) is 2.86. The summed E-state index contributed by atoms with van der Waals surface area (Å²) in [5.41, 5.74) is 7.17. The zero-order chi connectivity index (χ0) is 13.2. The van der Waals surface area contributed by atoms with Gasteiger partial charge in [-0.05, 0) is 31.5 Å². The molecule has 1 saturated heterocycles. The molecule has 0 aromatic heterocycles. The molecule has 1 fully saturated rings. The van der Waals surface area contributed by atoms with Crippen molar-refractivity contribution in [1.82, 2.24) is 4.90 Å². The zero-order valence-corrected chi connectivity index (χ0v) is 11.8. The Morgan fingerprint density at radius 2 is 2.28 bits per heavy atom. The molecule has 0 saturated carbocycles. The van der Waals surface area contributed by atoms with Gasteiger partial charge in [0.2, 0.25) is 0 Å². The van der Waals surface area contributed by atoms with E-state index in [1.54, 1.807) is 0 Å². The summed E-state index contributed by atoms with van der Waals surface area (Å²) in [7, 11) is 0. The van der Waals surface area contributed by atoms with Crippen LogP contribution >= 0.6 is 11.6 Å². The minimum Gasteiger partial charge on any atom is -0.378 e. The molecule has 1 unspecified atom stereocenters. The smallest absolute Gasteiger partial charge is 0.0645 e. The number of hydrogen-bond acceptors (Lipinski definition) is 3. The predicted octanol–water partition coefficient (Wildman–Crippen LogP) is 2.45. The van der Waals surface area contributed by atoms with Crippen molar-refractivity contribution >= 4 is 11.6 Å². The molecule has 1 heterocycles. The van der Waals surface area contributed by atoms with Crippen LogP contribution in [0.4, 0.5) is 0 Å². The van der Waals surface area contributed by atoms with E-state index in [1.165, 1.54) is 5.56 Å². The highest BCUT2D eigenvalue weighted by Gasteiger charge is 2.35. The fraction of sp³-hybridized carbons (Fsp3) is 0.571. The van der Waals surface area contributed by atoms with E-state index in [2.05, 4.69) is 24.8 Å². The second-order valence-corrected chi connectivity index (χ2v) is 5.80. The number of morpholine rings is 1. The van der Waals surface area contributed by atoms with Gasteiger partial charge in [-0.2, -0.15) is 0 Å². The molecule has 1 aromatic carbocycles. The minimum atomic E-state index is 0.00457. The minimum absolute atomic E-state index is 0.00457. The lowest BCUT2D eigenvalue weighted by Crippen LogP contribution is -2.55. The van der Waals surface area contributed by atoms with Crippen molar-refractivity contribution in [3.8, 4) is 0 Å². The maximum absolute atomic E-state index is 6.07. The Kier molecular flexibility index (Phi) is 4.28. The summed E-state index contributed by atoms with van der Waals surface area (Å²) < 4.78 is 5.56. The first kappa shape index (κ1) is 13.8. The molecule has 2 N–H and O–H groups in total. The maximum Gasteiger partial charge on any atom is 0.0645 e. The SMILES string of the molecule is CC1(C)COCCN1C(CN)c1cccc(Cl)c1. The molecule has 4 heteroatoms. The molecule has 3 nitrogen and oxygen atoms in total. The normalized spacial score (nSPS) is 21.8. The van der Waals surface area contributed by atoms with Crippen LogP contribution < -0.4 is 5.73 Å². The summed E-state index contributed by atoms with van der Waals surface area (Å²) in [5, 5.41) is 0.761. The van der Waals surface area contributed by atoms with E-state index in [4.69, 9.17) is 22.1 Å². The molecule has 0 spiro atoms. The molecule has 100 valence electrons. The van der Waals surface area contributed by atoms with Gasteiger partial charge in [0, 0.05) is 29.7 Å². The molecule has 1 atom stereocenters. The van der Waals surface area contributed by atoms with E-state index < -0.39 is 0 Å². The molecule has 0 bridgehead atoms. The van der Waals surface area contributed by atoms with Crippen LogP contribution in [0.2, 0.25) is 5.02 Å². The topological polar surface area (TPSA) is 38.5 Å². The Balaban J connectivity index is 2.27. The first-order valence-electron chi connectivity index (χ1n) is 6.34. The van der Waals surface area contributed by atoms with Gasteiger partial charge < -0.3 is 10.5 Å². The first-order valence-corrected chi connectivity index (χ1v) is 6.72. The summed E-state index contributed by atoms with van der Waals surface area (Å²) in [6.07, 6.45) is 0. The quantitative estimate of drug-likeness (QED) is 0.915. The van der Waals surface area contributed by atoms with E-state index in [0.717, 1.165) is 24.8 Å². The first-order chi connectivity index (χ1) is 8.54. The van der Waals surface area contributed by atoms with Crippen LogP contribution in [0.1, 0.15) is 25.5 Å². The Hall–Kier alpha value is -0.610. The van der Waals surface area contributed by atoms with Crippen molar-refractivity contribution in [2.75, 3.05) is 26.3 Å². The third-order valence-electron chi connectivity index (χ3n) is 3.54. The van der Waals surface area contributed by atoms with E-state index in [9.17, 15) is 0 Å². The Labute approximate surface area is 114 Å². The van der Waals surface area contributed by atoms with Crippen LogP contribution in [0, 0.1) is 0 Å². The van der Waals surface area contributed by atoms with Crippen LogP contribution in [0.5, 0.6) is 0 Å². The van der Waals surface area contributed by atoms with Gasteiger partial charge in [-0.3, -0.25) is 4.90 Å². The highest BCUT2D eigenvalue weighted by Crippen LogP contribution is 2.30. The second kappa shape index (κ2) is 5.57. The van der Waals surface area contributed by atoms with Crippen LogP contribution in [0.3, 0.4) is 0 Å². The van der Waals surface area contributed by atoms with Crippen LogP contribution in [0.25, 0.3) is 0 Å². The van der Waals surface area contributed by atoms with Gasteiger partial charge in [-0.15, -0.1) is 0 Å². The molecular formula is C14H21ClN2O. The zero-order valence-electron chi connectivity index (χ0n) is 11.0. The second-order valence-electron chi connectivity index (χ2n) is 5.36. The van der Waals surface area contributed by atoms with Gasteiger partial charge in [0.05, 0.1) is 13.2 Å². The van der Waals surface area contributed by atoms with E-state index in [0.29, 0.717) is 6.54 Å². The summed E-state index contributed by atoms with van der Waals surface area (Å²) in [4.78, 5) is 2.42. The third-order valence-corrected chi connectivity index (χ3v) is 3.78. The Bertz CT molecular complexity index is 409. The number of ether oxygens (including phenoxy) is 1. The van der Waals surface area contributed by atoms with Gasteiger partial charge in [0.1, 0.15) is 0 Å². The van der Waals surface area contributed by atoms with Crippen LogP contribution in [-0.2, 0) is 4.74 Å². The molecule has 0 radical (unpaired) electrons. The Morgan fingerprint density at radius 3 is 2.89 bits per heavy atom. The van der Waals surface area contributed by atoms with Crippen molar-refractivity contribution in [3.63, 3.8) is 0 Å². The summed E-state index contributed by atoms with van der Waals surface area (Å²) in [6, 6.07) is 8.17. The van der Waals surface area contributed by atoms with Crippen molar-refractivity contribution < 1.29 is 4.74 Å². The average Bonchev–Trinajstić information content (AvgIpc) is 2.32. The summed E-state index contributed by atoms with van der Waals surface area (Å²) >= 11 is 6.07. The van der Waals surface area contributed by atoms with Gasteiger partial charge in [-0.1, -0.05) is 23.7 Å². The van der Waals surface area contributed by atoms with Crippen molar-refractivity contribution in [1.29, 1.82) is 0 Å². The highest BCUT2D eigenvalue weighted by molar-refractivity contribution is 6.30. The standard InChI is InChI=1S/C14H21ClN2O/c1-14(2)10-18-7-6-17(14)13(9-16)11-4-3-5-12(15)8-11/h3-5,8,13H,6-7,9-10,16H2,1-2H3. The lowest BCUT2D eigenvalue weighted by Gasteiger charge is -2.46. The molecule has 1 aliphatic heterocycles. The summed E-state index contributed by atoms with van der Waals surface area (Å²) in [6.45, 7) is 7.38. The van der Waals surface area contributed by atoms with Gasteiger partial charge in [0.15, 0.2) is 0 Å². The van der Waals surface area contributed by atoms with Crippen LogP contribution in [-0.4, -0.2) is 36.7 Å². The molecule has 0 aliphatic carbocycles. The number of nitrogens with two attached hydrogens (primary N) is 1. The molecular weight excluding hydrogens is 248 g/mol. The number of halogens is 1. The van der Waals surface area contributed by atoms with Crippen molar-refractivity contribution in [2.24, 2.45) is 5.73 Å². The van der Waals surface area contributed by atoms with E-state index in [1.807, 2.05) is 18.2 Å². The number of rotatable bonds is 3. The maximum atomic E-state index is 6.07. The fourth-order valence-electron chi connectivity index (χ4n) is 2.61. The van der Waals surface area contributed by atoms with Gasteiger partial charge in [0.25, 0.3) is 0 Å². The number of benzene rings is 1. The highest BCUT2D eigenvalue weighted by atomic mass is 35.5. The van der Waals surface area contributed by atoms with Crippen LogP contribution in [0.15, 0.2) is 24.3 Å². The average molecular weight is 269 g/mol.